The second kappa shape index (κ2) is 11.9. The summed E-state index contributed by atoms with van der Waals surface area (Å²) in [4.78, 5) is 25.1. The number of hydrogen-bond donors (Lipinski definition) is 1. The highest BCUT2D eigenvalue weighted by Gasteiger charge is 2.26. The molecule has 0 fully saturated rings. The van der Waals surface area contributed by atoms with Crippen LogP contribution in [0.1, 0.15) is 20.8 Å². The molecular weight excluding hydrogens is 438 g/mol. The molecule has 9 nitrogen and oxygen atoms in total. The maximum Gasteiger partial charge on any atom is 0.258 e. The lowest BCUT2D eigenvalue weighted by molar-refractivity contribution is -0.126. The van der Waals surface area contributed by atoms with Crippen LogP contribution in [-0.2, 0) is 9.59 Å². The van der Waals surface area contributed by atoms with E-state index in [0.717, 1.165) is 0 Å². The lowest BCUT2D eigenvalue weighted by Crippen LogP contribution is -2.32. The zero-order chi connectivity index (χ0) is 23.7. The number of carbonyl (C=O) groups is 2. The molecule has 0 aromatic heterocycles. The van der Waals surface area contributed by atoms with Crippen molar-refractivity contribution >= 4 is 34.7 Å². The van der Waals surface area contributed by atoms with Gasteiger partial charge in [-0.15, -0.1) is 0 Å². The molecule has 0 spiro atoms. The van der Waals surface area contributed by atoms with Crippen molar-refractivity contribution in [3.8, 4) is 23.0 Å². The number of carbonyl (C=O) groups excluding carboxylic acids is 2. The number of benzene rings is 2. The molecule has 0 saturated carbocycles. The molecule has 0 bridgehead atoms. The van der Waals surface area contributed by atoms with Crippen LogP contribution in [0.3, 0.4) is 0 Å². The van der Waals surface area contributed by atoms with Crippen LogP contribution in [0.5, 0.6) is 23.0 Å². The van der Waals surface area contributed by atoms with Crippen LogP contribution in [0.15, 0.2) is 40.6 Å². The third-order valence-corrected chi connectivity index (χ3v) is 4.51. The first-order valence-electron chi connectivity index (χ1n) is 9.88. The number of methoxy groups -OCH3 is 2. The topological polar surface area (TPSA) is 108 Å². The van der Waals surface area contributed by atoms with Crippen LogP contribution >= 0.6 is 11.6 Å². The van der Waals surface area contributed by atoms with Gasteiger partial charge in [-0.05, 0) is 45.0 Å². The minimum absolute atomic E-state index is 0.160. The van der Waals surface area contributed by atoms with Gasteiger partial charge in [0.15, 0.2) is 17.3 Å². The van der Waals surface area contributed by atoms with E-state index >= 15 is 0 Å². The molecule has 1 unspecified atom stereocenters. The second-order valence-electron chi connectivity index (χ2n) is 6.37. The number of ether oxygens (including phenoxy) is 4. The molecule has 1 N–H and O–H groups in total. The van der Waals surface area contributed by atoms with E-state index in [1.54, 1.807) is 24.3 Å². The first-order valence-corrected chi connectivity index (χ1v) is 10.3. The van der Waals surface area contributed by atoms with Gasteiger partial charge >= 0.3 is 0 Å². The van der Waals surface area contributed by atoms with Crippen molar-refractivity contribution < 1.29 is 28.5 Å². The van der Waals surface area contributed by atoms with E-state index in [2.05, 4.69) is 15.5 Å². The molecule has 1 atom stereocenters. The largest absolute Gasteiger partial charge is 0.494 e. The molecule has 0 radical (unpaired) electrons. The zero-order valence-corrected chi connectivity index (χ0v) is 19.4. The van der Waals surface area contributed by atoms with Crippen molar-refractivity contribution in [2.24, 2.45) is 10.2 Å². The Morgan fingerprint density at radius 1 is 1.03 bits per heavy atom. The van der Waals surface area contributed by atoms with Gasteiger partial charge in [-0.3, -0.25) is 9.59 Å². The summed E-state index contributed by atoms with van der Waals surface area (Å²) in [5.74, 6) is 0.344. The van der Waals surface area contributed by atoms with E-state index in [4.69, 9.17) is 30.5 Å². The SMILES string of the molecule is CCOc1ccc(OCC)c(N=NC(C(C)=O)C(=O)Nc2c(Cl)ccc(OC)c2OC)c1. The molecule has 32 heavy (non-hydrogen) atoms. The Bertz CT molecular complexity index is 996. The lowest BCUT2D eigenvalue weighted by Gasteiger charge is -2.16. The van der Waals surface area contributed by atoms with Crippen LogP contribution in [-0.4, -0.2) is 45.2 Å². The molecule has 2 aromatic rings. The fourth-order valence-corrected chi connectivity index (χ4v) is 2.95. The number of anilines is 1. The van der Waals surface area contributed by atoms with Gasteiger partial charge in [0.05, 0.1) is 32.5 Å². The van der Waals surface area contributed by atoms with Crippen molar-refractivity contribution in [1.29, 1.82) is 0 Å². The van der Waals surface area contributed by atoms with Crippen molar-refractivity contribution in [2.45, 2.75) is 26.8 Å². The summed E-state index contributed by atoms with van der Waals surface area (Å²) in [6, 6.07) is 6.75. The summed E-state index contributed by atoms with van der Waals surface area (Å²) in [7, 11) is 2.86. The standard InChI is InChI=1S/C22H26ClN3O6/c1-6-31-14-8-10-17(32-7-2)16(12-14)25-26-19(13(3)27)22(28)24-20-15(23)9-11-18(29-4)21(20)30-5/h8-12,19H,6-7H2,1-5H3,(H,24,28). The maximum absolute atomic E-state index is 12.9. The molecule has 0 saturated heterocycles. The van der Waals surface area contributed by atoms with Crippen molar-refractivity contribution in [3.63, 3.8) is 0 Å². The Labute approximate surface area is 191 Å². The van der Waals surface area contributed by atoms with E-state index in [-0.39, 0.29) is 16.5 Å². The molecular formula is C22H26ClN3O6. The first kappa shape index (κ1) is 24.9. The van der Waals surface area contributed by atoms with Crippen LogP contribution in [0.25, 0.3) is 0 Å². The Morgan fingerprint density at radius 2 is 1.72 bits per heavy atom. The van der Waals surface area contributed by atoms with Gasteiger partial charge in [-0.2, -0.15) is 10.2 Å². The number of nitrogens with zero attached hydrogens (tertiary/aromatic N) is 2. The average molecular weight is 464 g/mol. The molecule has 172 valence electrons. The average Bonchev–Trinajstić information content (AvgIpc) is 2.76. The van der Waals surface area contributed by atoms with Gasteiger partial charge in [-0.1, -0.05) is 11.6 Å². The molecule has 0 aliphatic heterocycles. The highest BCUT2D eigenvalue weighted by atomic mass is 35.5. The summed E-state index contributed by atoms with van der Waals surface area (Å²) in [6.45, 7) is 5.79. The summed E-state index contributed by atoms with van der Waals surface area (Å²) in [5, 5.41) is 10.9. The molecule has 1 amide bonds. The van der Waals surface area contributed by atoms with E-state index in [0.29, 0.717) is 36.1 Å². The Kier molecular flexibility index (Phi) is 9.27. The monoisotopic (exact) mass is 463 g/mol. The molecule has 2 aromatic carbocycles. The quantitative estimate of drug-likeness (QED) is 0.377. The number of ketones is 1. The summed E-state index contributed by atoms with van der Waals surface area (Å²) >= 11 is 6.22. The fourth-order valence-electron chi connectivity index (χ4n) is 2.76. The van der Waals surface area contributed by atoms with Crippen molar-refractivity contribution in [2.75, 3.05) is 32.8 Å². The minimum atomic E-state index is -1.42. The molecule has 2 rings (SSSR count). The normalized spacial score (nSPS) is 11.7. The summed E-state index contributed by atoms with van der Waals surface area (Å²) in [5.41, 5.74) is 0.488. The van der Waals surface area contributed by atoms with E-state index in [1.807, 2.05) is 13.8 Å². The predicted molar refractivity (Wildman–Crippen MR) is 121 cm³/mol. The van der Waals surface area contributed by atoms with Crippen molar-refractivity contribution in [1.82, 2.24) is 0 Å². The van der Waals surface area contributed by atoms with Crippen LogP contribution in [0.4, 0.5) is 11.4 Å². The number of halogens is 1. The van der Waals surface area contributed by atoms with Crippen LogP contribution < -0.4 is 24.3 Å². The summed E-state index contributed by atoms with van der Waals surface area (Å²) in [6.07, 6.45) is 0. The predicted octanol–water partition coefficient (Wildman–Crippen LogP) is 4.83. The second-order valence-corrected chi connectivity index (χ2v) is 6.78. The number of amides is 1. The van der Waals surface area contributed by atoms with Gasteiger partial charge in [0.1, 0.15) is 22.9 Å². The number of Topliss-reactive ketones (excluding diaryl/α,β-unsaturated/α-hetero) is 1. The number of hydrogen-bond acceptors (Lipinski definition) is 8. The van der Waals surface area contributed by atoms with Gasteiger partial charge in [-0.25, -0.2) is 0 Å². The molecule has 0 aliphatic rings. The van der Waals surface area contributed by atoms with E-state index in [9.17, 15) is 9.59 Å². The number of azo groups is 1. The van der Waals surface area contributed by atoms with Gasteiger partial charge in [0.2, 0.25) is 6.04 Å². The minimum Gasteiger partial charge on any atom is -0.494 e. The summed E-state index contributed by atoms with van der Waals surface area (Å²) < 4.78 is 21.6. The Morgan fingerprint density at radius 3 is 2.31 bits per heavy atom. The first-order chi connectivity index (χ1) is 15.4. The Hall–Kier alpha value is -3.33. The molecule has 10 heteroatoms. The molecule has 0 aliphatic carbocycles. The van der Waals surface area contributed by atoms with E-state index in [1.165, 1.54) is 27.2 Å². The van der Waals surface area contributed by atoms with Gasteiger partial charge < -0.3 is 24.3 Å². The van der Waals surface area contributed by atoms with Crippen LogP contribution in [0.2, 0.25) is 5.02 Å². The van der Waals surface area contributed by atoms with Gasteiger partial charge in [0, 0.05) is 6.07 Å². The third kappa shape index (κ3) is 6.10. The highest BCUT2D eigenvalue weighted by molar-refractivity contribution is 6.34. The van der Waals surface area contributed by atoms with E-state index < -0.39 is 17.7 Å². The smallest absolute Gasteiger partial charge is 0.258 e. The van der Waals surface area contributed by atoms with Gasteiger partial charge in [0.25, 0.3) is 5.91 Å². The maximum atomic E-state index is 12.9. The number of rotatable bonds is 11. The highest BCUT2D eigenvalue weighted by Crippen LogP contribution is 2.40. The third-order valence-electron chi connectivity index (χ3n) is 4.20. The van der Waals surface area contributed by atoms with Crippen molar-refractivity contribution in [3.05, 3.63) is 35.4 Å². The zero-order valence-electron chi connectivity index (χ0n) is 18.6. The molecule has 0 heterocycles. The fraction of sp³-hybridized carbons (Fsp3) is 0.364. The number of nitrogens with one attached hydrogen (secondary N) is 1. The lowest BCUT2D eigenvalue weighted by atomic mass is 10.2. The Balaban J connectivity index is 2.36. The van der Waals surface area contributed by atoms with Crippen LogP contribution in [0, 0.1) is 0 Å².